The van der Waals surface area contributed by atoms with Crippen LogP contribution in [0.15, 0.2) is 24.3 Å². The molecule has 5 N–H and O–H groups in total. The molecule has 0 saturated heterocycles. The second-order valence-corrected chi connectivity index (χ2v) is 2.12. The Morgan fingerprint density at radius 2 is 1.42 bits per heavy atom. The Balaban J connectivity index is 0.00000121. The molecule has 68 valence electrons. The van der Waals surface area contributed by atoms with Gasteiger partial charge in [0, 0.05) is 5.69 Å². The predicted octanol–water partition coefficient (Wildman–Crippen LogP) is 2.45. The topological polar surface area (TPSA) is 61.0 Å². The summed E-state index contributed by atoms with van der Waals surface area (Å²) in [5, 5.41) is 0. The lowest BCUT2D eigenvalue weighted by atomic mass is 10.2. The summed E-state index contributed by atoms with van der Waals surface area (Å²) in [6.07, 6.45) is -4.27. The van der Waals surface area contributed by atoms with Crippen molar-refractivity contribution >= 4 is 5.69 Å². The van der Waals surface area contributed by atoms with E-state index in [0.717, 1.165) is 12.1 Å². The molecule has 0 spiro atoms. The number of nitrogen functional groups attached to an aromatic ring is 1. The molecule has 0 atom stereocenters. The highest BCUT2D eigenvalue weighted by molar-refractivity contribution is 5.39. The van der Waals surface area contributed by atoms with Gasteiger partial charge in [-0.1, -0.05) is 0 Å². The summed E-state index contributed by atoms with van der Waals surface area (Å²) < 4.78 is 35.6. The van der Waals surface area contributed by atoms with E-state index in [9.17, 15) is 13.2 Å². The van der Waals surface area contributed by atoms with Gasteiger partial charge in [-0.05, 0) is 24.3 Å². The summed E-state index contributed by atoms with van der Waals surface area (Å²) in [7, 11) is 0. The smallest absolute Gasteiger partial charge is 0.399 e. The summed E-state index contributed by atoms with van der Waals surface area (Å²) in [5.41, 5.74) is 4.86. The Morgan fingerprint density at radius 3 is 1.75 bits per heavy atom. The molecule has 0 unspecified atom stereocenters. The fourth-order valence-electron chi connectivity index (χ4n) is 0.672. The minimum atomic E-state index is -4.27. The second kappa shape index (κ2) is 3.44. The van der Waals surface area contributed by atoms with E-state index in [0.29, 0.717) is 5.69 Å². The molecule has 1 rings (SSSR count). The molecule has 0 radical (unpaired) electrons. The Labute approximate surface area is 67.8 Å². The molecule has 1 aromatic rings. The number of benzene rings is 1. The summed E-state index contributed by atoms with van der Waals surface area (Å²) in [4.78, 5) is 0. The molecule has 0 fully saturated rings. The zero-order valence-corrected chi connectivity index (χ0v) is 6.23. The van der Waals surface area contributed by atoms with Gasteiger partial charge in [-0.3, -0.25) is 0 Å². The number of anilines is 1. The molecule has 1 aromatic carbocycles. The first-order chi connectivity index (χ1) is 5.00. The van der Waals surface area contributed by atoms with E-state index >= 15 is 0 Å². The maximum absolute atomic E-state index is 11.9. The Hall–Kier alpha value is -1.23. The zero-order valence-electron chi connectivity index (χ0n) is 6.23. The summed E-state index contributed by atoms with van der Waals surface area (Å²) in [5.74, 6) is 0. The lowest BCUT2D eigenvalue weighted by Gasteiger charge is -2.05. The van der Waals surface area contributed by atoms with E-state index in [1.165, 1.54) is 12.1 Å². The third-order valence-corrected chi connectivity index (χ3v) is 1.24. The molecule has 0 saturated carbocycles. The second-order valence-electron chi connectivity index (χ2n) is 2.12. The van der Waals surface area contributed by atoms with Crippen molar-refractivity contribution in [2.75, 3.05) is 5.73 Å². The molecule has 0 aliphatic rings. The zero-order chi connectivity index (χ0) is 8.48. The van der Waals surface area contributed by atoms with Crippen molar-refractivity contribution in [3.8, 4) is 0 Å². The highest BCUT2D eigenvalue weighted by Gasteiger charge is 2.29. The molecule has 2 nitrogen and oxygen atoms in total. The summed E-state index contributed by atoms with van der Waals surface area (Å²) in [6.45, 7) is 0. The molecule has 0 bridgehead atoms. The van der Waals surface area contributed by atoms with E-state index in [2.05, 4.69) is 0 Å². The average Bonchev–Trinajstić information content (AvgIpc) is 1.86. The predicted molar refractivity (Wildman–Crippen MR) is 40.9 cm³/mol. The van der Waals surface area contributed by atoms with Gasteiger partial charge in [-0.25, -0.2) is 0 Å². The Morgan fingerprint density at radius 1 is 1.00 bits per heavy atom. The van der Waals surface area contributed by atoms with Gasteiger partial charge in [0.05, 0.1) is 5.56 Å². The normalized spacial score (nSPS) is 10.6. The minimum Gasteiger partial charge on any atom is -0.399 e. The van der Waals surface area contributed by atoms with Crippen LogP contribution in [0, 0.1) is 0 Å². The maximum atomic E-state index is 11.9. The van der Waals surface area contributed by atoms with E-state index in [1.54, 1.807) is 0 Å². The third-order valence-electron chi connectivity index (χ3n) is 1.24. The van der Waals surface area contributed by atoms with E-state index < -0.39 is 11.7 Å². The fraction of sp³-hybridized carbons (Fsp3) is 0.143. The molecule has 5 heteroatoms. The van der Waals surface area contributed by atoms with Gasteiger partial charge in [0.25, 0.3) is 0 Å². The number of alkyl halides is 3. The number of hydrogen-bond donors (Lipinski definition) is 2. The fourth-order valence-corrected chi connectivity index (χ4v) is 0.672. The first kappa shape index (κ1) is 10.8. The van der Waals surface area contributed by atoms with Crippen molar-refractivity contribution in [3.05, 3.63) is 29.8 Å². The monoisotopic (exact) mass is 178 g/mol. The van der Waals surface area contributed by atoms with Crippen LogP contribution < -0.4 is 11.9 Å². The molecule has 0 aliphatic heterocycles. The number of nitrogens with two attached hydrogens (primary N) is 1. The molecule has 0 amide bonds. The third kappa shape index (κ3) is 2.43. The quantitative estimate of drug-likeness (QED) is 0.599. The molecule has 12 heavy (non-hydrogen) atoms. The molecular weight excluding hydrogens is 169 g/mol. The van der Waals surface area contributed by atoms with Gasteiger partial charge in [0.1, 0.15) is 0 Å². The van der Waals surface area contributed by atoms with Gasteiger partial charge >= 0.3 is 6.18 Å². The largest absolute Gasteiger partial charge is 0.416 e. The van der Waals surface area contributed by atoms with Gasteiger partial charge in [-0.2, -0.15) is 13.2 Å². The number of hydrogen-bond acceptors (Lipinski definition) is 2. The van der Waals surface area contributed by atoms with E-state index in [-0.39, 0.29) is 6.15 Å². The molecular formula is C7H9F3N2. The first-order valence-electron chi connectivity index (χ1n) is 2.93. The van der Waals surface area contributed by atoms with Crippen LogP contribution in [-0.4, -0.2) is 0 Å². The van der Waals surface area contributed by atoms with Crippen molar-refractivity contribution in [2.24, 2.45) is 0 Å². The summed E-state index contributed by atoms with van der Waals surface area (Å²) in [6, 6.07) is 4.36. The highest BCUT2D eigenvalue weighted by Crippen LogP contribution is 2.29. The Bertz CT molecular complexity index is 240. The van der Waals surface area contributed by atoms with Crippen LogP contribution in [0.2, 0.25) is 0 Å². The van der Waals surface area contributed by atoms with Gasteiger partial charge in [0.15, 0.2) is 0 Å². The van der Waals surface area contributed by atoms with Gasteiger partial charge < -0.3 is 11.9 Å². The highest BCUT2D eigenvalue weighted by atomic mass is 19.4. The van der Waals surface area contributed by atoms with E-state index in [4.69, 9.17) is 5.73 Å². The first-order valence-corrected chi connectivity index (χ1v) is 2.93. The van der Waals surface area contributed by atoms with Crippen LogP contribution in [0.3, 0.4) is 0 Å². The minimum absolute atomic E-state index is 0. The van der Waals surface area contributed by atoms with Crippen molar-refractivity contribution in [3.63, 3.8) is 0 Å². The van der Waals surface area contributed by atoms with Crippen LogP contribution in [0.5, 0.6) is 0 Å². The molecule has 0 heterocycles. The maximum Gasteiger partial charge on any atom is 0.416 e. The van der Waals surface area contributed by atoms with Crippen LogP contribution in [0.1, 0.15) is 5.56 Å². The van der Waals surface area contributed by atoms with Crippen molar-refractivity contribution in [1.29, 1.82) is 0 Å². The van der Waals surface area contributed by atoms with Gasteiger partial charge in [0.2, 0.25) is 0 Å². The van der Waals surface area contributed by atoms with E-state index in [1.807, 2.05) is 0 Å². The Kier molecular flexibility index (Phi) is 3.09. The van der Waals surface area contributed by atoms with Crippen LogP contribution in [-0.2, 0) is 6.18 Å². The molecule has 0 aromatic heterocycles. The molecule has 0 aliphatic carbocycles. The lowest BCUT2D eigenvalue weighted by Crippen LogP contribution is -2.04. The standard InChI is InChI=1S/C7H6F3N.H3N/c8-7(9,10)5-1-3-6(11)4-2-5;/h1-4H,11H2;1H3. The average molecular weight is 178 g/mol. The van der Waals surface area contributed by atoms with Crippen LogP contribution in [0.4, 0.5) is 18.9 Å². The van der Waals surface area contributed by atoms with Crippen molar-refractivity contribution < 1.29 is 13.2 Å². The lowest BCUT2D eigenvalue weighted by molar-refractivity contribution is -0.137. The van der Waals surface area contributed by atoms with Gasteiger partial charge in [-0.15, -0.1) is 0 Å². The number of halogens is 3. The van der Waals surface area contributed by atoms with Crippen molar-refractivity contribution in [1.82, 2.24) is 6.15 Å². The number of rotatable bonds is 0. The SMILES string of the molecule is N.Nc1ccc(C(F)(F)F)cc1. The summed E-state index contributed by atoms with van der Waals surface area (Å²) >= 11 is 0. The van der Waals surface area contributed by atoms with Crippen LogP contribution >= 0.6 is 0 Å². The van der Waals surface area contributed by atoms with Crippen LogP contribution in [0.25, 0.3) is 0 Å². The van der Waals surface area contributed by atoms with Crippen molar-refractivity contribution in [2.45, 2.75) is 6.18 Å².